The topological polar surface area (TPSA) is 58.6 Å². The van der Waals surface area contributed by atoms with E-state index in [4.69, 9.17) is 4.74 Å². The lowest BCUT2D eigenvalue weighted by atomic mass is 10.0. The average molecular weight is 560 g/mol. The fraction of sp³-hybridized carbons (Fsp3) is 0.300. The molecule has 37 heavy (non-hydrogen) atoms. The first kappa shape index (κ1) is 25.4. The Morgan fingerprint density at radius 1 is 1.00 bits per heavy atom. The predicted octanol–water partition coefficient (Wildman–Crippen LogP) is 6.19. The molecule has 4 aromatic rings. The van der Waals surface area contributed by atoms with E-state index in [1.165, 1.54) is 0 Å². The number of halogens is 1. The van der Waals surface area contributed by atoms with Gasteiger partial charge >= 0.3 is 0 Å². The molecule has 1 aliphatic rings. The van der Waals surface area contributed by atoms with Crippen LogP contribution >= 0.6 is 15.9 Å². The average Bonchev–Trinajstić information content (AvgIpc) is 2.92. The number of morpholine rings is 1. The van der Waals surface area contributed by atoms with E-state index in [1.807, 2.05) is 29.2 Å². The lowest BCUT2D eigenvalue weighted by molar-refractivity contribution is 0.0721. The third-order valence-electron chi connectivity index (χ3n) is 6.54. The zero-order chi connectivity index (χ0) is 25.8. The minimum atomic E-state index is 0.0320. The molecule has 7 heteroatoms. The molecule has 1 aromatic heterocycles. The van der Waals surface area contributed by atoms with Gasteiger partial charge in [-0.25, -0.2) is 9.97 Å². The number of amides is 1. The van der Waals surface area contributed by atoms with Crippen molar-refractivity contribution >= 4 is 38.6 Å². The second-order valence-electron chi connectivity index (χ2n) is 9.79. The van der Waals surface area contributed by atoms with E-state index < -0.39 is 0 Å². The second-order valence-corrected chi connectivity index (χ2v) is 10.6. The van der Waals surface area contributed by atoms with Crippen LogP contribution in [0.3, 0.4) is 0 Å². The van der Waals surface area contributed by atoms with Crippen LogP contribution in [-0.2, 0) is 11.3 Å². The van der Waals surface area contributed by atoms with Crippen molar-refractivity contribution in [2.45, 2.75) is 20.4 Å². The number of aromatic nitrogens is 2. The largest absolute Gasteiger partial charge is 0.378 e. The van der Waals surface area contributed by atoms with Crippen molar-refractivity contribution in [3.05, 3.63) is 88.7 Å². The van der Waals surface area contributed by atoms with Gasteiger partial charge < -0.3 is 14.5 Å². The normalized spacial score (nSPS) is 13.8. The molecular formula is C30H31BrN4O2. The number of nitrogens with zero attached hydrogens (tertiary/aromatic N) is 4. The minimum absolute atomic E-state index is 0.0320. The third kappa shape index (κ3) is 5.84. The Morgan fingerprint density at radius 3 is 2.57 bits per heavy atom. The molecule has 6 nitrogen and oxygen atoms in total. The maximum absolute atomic E-state index is 13.5. The van der Waals surface area contributed by atoms with E-state index in [0.29, 0.717) is 37.8 Å². The summed E-state index contributed by atoms with van der Waals surface area (Å²) in [7, 11) is 0. The van der Waals surface area contributed by atoms with Crippen molar-refractivity contribution in [1.29, 1.82) is 0 Å². The molecule has 190 valence electrons. The van der Waals surface area contributed by atoms with Crippen molar-refractivity contribution in [3.63, 3.8) is 0 Å². The SMILES string of the molecule is CC(C)CN(Cc1cccc(-c2ccc3ncnc(N4CCOCC4)c3c2)c1)C(=O)c1ccccc1Br. The first-order chi connectivity index (χ1) is 18.0. The predicted molar refractivity (Wildman–Crippen MR) is 152 cm³/mol. The van der Waals surface area contributed by atoms with E-state index in [2.05, 4.69) is 87.1 Å². The highest BCUT2D eigenvalue weighted by molar-refractivity contribution is 9.10. The van der Waals surface area contributed by atoms with Crippen LogP contribution < -0.4 is 4.90 Å². The summed E-state index contributed by atoms with van der Waals surface area (Å²) in [5, 5.41) is 1.04. The van der Waals surface area contributed by atoms with Crippen molar-refractivity contribution in [1.82, 2.24) is 14.9 Å². The fourth-order valence-electron chi connectivity index (χ4n) is 4.78. The third-order valence-corrected chi connectivity index (χ3v) is 7.23. The second kappa shape index (κ2) is 11.4. The highest BCUT2D eigenvalue weighted by atomic mass is 79.9. The quantitative estimate of drug-likeness (QED) is 0.270. The van der Waals surface area contributed by atoms with Gasteiger partial charge in [-0.2, -0.15) is 0 Å². The lowest BCUT2D eigenvalue weighted by Gasteiger charge is -2.28. The maximum atomic E-state index is 13.5. The molecule has 0 saturated carbocycles. The Balaban J connectivity index is 1.45. The molecule has 3 aromatic carbocycles. The highest BCUT2D eigenvalue weighted by Gasteiger charge is 2.20. The highest BCUT2D eigenvalue weighted by Crippen LogP contribution is 2.30. The molecule has 1 saturated heterocycles. The number of hydrogen-bond acceptors (Lipinski definition) is 5. The minimum Gasteiger partial charge on any atom is -0.378 e. The first-order valence-corrected chi connectivity index (χ1v) is 13.5. The number of fused-ring (bicyclic) bond motifs is 1. The summed E-state index contributed by atoms with van der Waals surface area (Å²) in [6.07, 6.45) is 1.64. The van der Waals surface area contributed by atoms with Crippen molar-refractivity contribution in [3.8, 4) is 11.1 Å². The van der Waals surface area contributed by atoms with Crippen LogP contribution in [0.25, 0.3) is 22.0 Å². The summed E-state index contributed by atoms with van der Waals surface area (Å²) < 4.78 is 6.35. The molecular weight excluding hydrogens is 528 g/mol. The molecule has 0 spiro atoms. The van der Waals surface area contributed by atoms with Crippen LogP contribution in [0.2, 0.25) is 0 Å². The number of carbonyl (C=O) groups excluding carboxylic acids is 1. The van der Waals surface area contributed by atoms with Gasteiger partial charge in [0.15, 0.2) is 0 Å². The van der Waals surface area contributed by atoms with Gasteiger partial charge in [0, 0.05) is 36.0 Å². The Bertz CT molecular complexity index is 1400. The summed E-state index contributed by atoms with van der Waals surface area (Å²) in [6.45, 7) is 8.56. The number of ether oxygens (including phenoxy) is 1. The molecule has 5 rings (SSSR count). The van der Waals surface area contributed by atoms with Crippen LogP contribution in [0, 0.1) is 5.92 Å². The van der Waals surface area contributed by atoms with Crippen LogP contribution in [-0.4, -0.2) is 53.6 Å². The van der Waals surface area contributed by atoms with Crippen molar-refractivity contribution in [2.75, 3.05) is 37.7 Å². The molecule has 0 aliphatic carbocycles. The monoisotopic (exact) mass is 558 g/mol. The molecule has 1 fully saturated rings. The van der Waals surface area contributed by atoms with Gasteiger partial charge in [0.2, 0.25) is 0 Å². The van der Waals surface area contributed by atoms with Gasteiger partial charge in [-0.3, -0.25) is 4.79 Å². The summed E-state index contributed by atoms with van der Waals surface area (Å²) in [5.74, 6) is 1.34. The lowest BCUT2D eigenvalue weighted by Crippen LogP contribution is -2.36. The van der Waals surface area contributed by atoms with Crippen LogP contribution in [0.4, 0.5) is 5.82 Å². The smallest absolute Gasteiger partial charge is 0.255 e. The standard InChI is InChI=1S/C30H31BrN4O2/c1-21(2)18-35(30(36)25-8-3-4-9-27(25)31)19-22-6-5-7-23(16-22)24-10-11-28-26(17-24)29(33-20-32-28)34-12-14-37-15-13-34/h3-11,16-17,20-21H,12-15,18-19H2,1-2H3. The zero-order valence-corrected chi connectivity index (χ0v) is 22.8. The zero-order valence-electron chi connectivity index (χ0n) is 21.2. The van der Waals surface area contributed by atoms with Gasteiger partial charge in [-0.15, -0.1) is 0 Å². The van der Waals surface area contributed by atoms with Crippen molar-refractivity contribution in [2.24, 2.45) is 5.92 Å². The molecule has 0 N–H and O–H groups in total. The summed E-state index contributed by atoms with van der Waals surface area (Å²) in [5.41, 5.74) is 4.92. The van der Waals surface area contributed by atoms with Crippen LogP contribution in [0.15, 0.2) is 77.5 Å². The maximum Gasteiger partial charge on any atom is 0.255 e. The van der Waals surface area contributed by atoms with Crippen LogP contribution in [0.1, 0.15) is 29.8 Å². The Kier molecular flexibility index (Phi) is 7.82. The fourth-order valence-corrected chi connectivity index (χ4v) is 5.24. The van der Waals surface area contributed by atoms with Gasteiger partial charge in [0.25, 0.3) is 5.91 Å². The number of carbonyl (C=O) groups is 1. The first-order valence-electron chi connectivity index (χ1n) is 12.7. The summed E-state index contributed by atoms with van der Waals surface area (Å²) in [4.78, 5) is 26.8. The van der Waals surface area contributed by atoms with Gasteiger partial charge in [-0.1, -0.05) is 50.2 Å². The molecule has 0 bridgehead atoms. The van der Waals surface area contributed by atoms with Gasteiger partial charge in [0.1, 0.15) is 12.1 Å². The number of hydrogen-bond donors (Lipinski definition) is 0. The number of anilines is 1. The van der Waals surface area contributed by atoms with Crippen molar-refractivity contribution < 1.29 is 9.53 Å². The number of benzene rings is 3. The Hall–Kier alpha value is -3.29. The van der Waals surface area contributed by atoms with Gasteiger partial charge in [0.05, 0.1) is 24.3 Å². The van der Waals surface area contributed by atoms with Crippen LogP contribution in [0.5, 0.6) is 0 Å². The van der Waals surface area contributed by atoms with E-state index in [1.54, 1.807) is 6.33 Å². The molecule has 0 unspecified atom stereocenters. The van der Waals surface area contributed by atoms with E-state index in [0.717, 1.165) is 51.0 Å². The summed E-state index contributed by atoms with van der Waals surface area (Å²) >= 11 is 3.55. The summed E-state index contributed by atoms with van der Waals surface area (Å²) in [6, 6.07) is 22.4. The number of rotatable bonds is 7. The molecule has 1 amide bonds. The molecule has 1 aliphatic heterocycles. The van der Waals surface area contributed by atoms with E-state index >= 15 is 0 Å². The molecule has 0 atom stereocenters. The molecule has 0 radical (unpaired) electrons. The molecule has 2 heterocycles. The Morgan fingerprint density at radius 2 is 1.78 bits per heavy atom. The van der Waals surface area contributed by atoms with E-state index in [-0.39, 0.29) is 5.91 Å². The Labute approximate surface area is 226 Å². The van der Waals surface area contributed by atoms with E-state index in [9.17, 15) is 4.79 Å². The van der Waals surface area contributed by atoms with Gasteiger partial charge in [-0.05, 0) is 68.9 Å².